The molecule has 0 spiro atoms. The molecule has 0 bridgehead atoms. The molecular formula is C48H91O4P. The molecule has 0 saturated heterocycles. The molecule has 0 unspecified atom stereocenters. The Morgan fingerprint density at radius 2 is 0.736 bits per heavy atom. The van der Waals surface area contributed by atoms with Gasteiger partial charge >= 0.3 is 7.60 Å². The summed E-state index contributed by atoms with van der Waals surface area (Å²) in [5.74, 6) is 0.298. The van der Waals surface area contributed by atoms with E-state index in [0.29, 0.717) is 18.6 Å². The minimum Gasteiger partial charge on any atom is -0.507 e. The van der Waals surface area contributed by atoms with Gasteiger partial charge in [-0.2, -0.15) is 0 Å². The summed E-state index contributed by atoms with van der Waals surface area (Å²) in [6, 6.07) is 3.85. The van der Waals surface area contributed by atoms with Crippen molar-refractivity contribution in [2.75, 3.05) is 0 Å². The van der Waals surface area contributed by atoms with Crippen LogP contribution in [0.5, 0.6) is 5.75 Å². The van der Waals surface area contributed by atoms with E-state index in [1.807, 2.05) is 19.1 Å². The van der Waals surface area contributed by atoms with Gasteiger partial charge in [0.1, 0.15) is 5.75 Å². The molecule has 312 valence electrons. The molecule has 0 amide bonds. The van der Waals surface area contributed by atoms with E-state index in [2.05, 4.69) is 20.8 Å². The zero-order valence-electron chi connectivity index (χ0n) is 36.0. The fourth-order valence-corrected chi connectivity index (χ4v) is 9.85. The van der Waals surface area contributed by atoms with Crippen molar-refractivity contribution in [3.63, 3.8) is 0 Å². The number of rotatable bonds is 39. The molecule has 0 aliphatic carbocycles. The number of hydrogen-bond donors (Lipinski definition) is 3. The van der Waals surface area contributed by atoms with Crippen molar-refractivity contribution in [2.45, 2.75) is 270 Å². The SMILES string of the molecule is CCCCCCCCCCCCCCCCCCC(CCCCCCCCCCCCCCCCCC)(c1cc(C)c(O)c(CCCC)c1)P(=O)(O)O. The Bertz CT molecular complexity index is 981. The molecule has 0 fully saturated rings. The summed E-state index contributed by atoms with van der Waals surface area (Å²) in [5.41, 5.74) is 2.35. The number of hydrogen-bond acceptors (Lipinski definition) is 2. The monoisotopic (exact) mass is 763 g/mol. The quantitative estimate of drug-likeness (QED) is 0.0461. The number of unbranched alkanes of at least 4 members (excludes halogenated alkanes) is 31. The molecule has 4 nitrogen and oxygen atoms in total. The topological polar surface area (TPSA) is 77.8 Å². The molecule has 0 radical (unpaired) electrons. The highest BCUT2D eigenvalue weighted by Crippen LogP contribution is 2.63. The smallest absolute Gasteiger partial charge is 0.335 e. The highest BCUT2D eigenvalue weighted by molar-refractivity contribution is 7.53. The van der Waals surface area contributed by atoms with Crippen LogP contribution in [0.4, 0.5) is 0 Å². The zero-order valence-corrected chi connectivity index (χ0v) is 36.9. The van der Waals surface area contributed by atoms with Gasteiger partial charge in [0.2, 0.25) is 0 Å². The van der Waals surface area contributed by atoms with Gasteiger partial charge in [-0.25, -0.2) is 0 Å². The van der Waals surface area contributed by atoms with Crippen LogP contribution in [0.1, 0.15) is 269 Å². The number of benzene rings is 1. The average molecular weight is 763 g/mol. The summed E-state index contributed by atoms with van der Waals surface area (Å²) in [5, 5.41) is 9.70. The number of phenols is 1. The number of aryl methyl sites for hydroxylation is 2. The second-order valence-corrected chi connectivity index (χ2v) is 19.0. The Hall–Kier alpha value is -0.830. The van der Waals surface area contributed by atoms with Gasteiger partial charge in [-0.05, 0) is 49.3 Å². The van der Waals surface area contributed by atoms with E-state index in [0.717, 1.165) is 74.5 Å². The Labute approximate surface area is 331 Å². The first-order valence-electron chi connectivity index (χ1n) is 23.6. The van der Waals surface area contributed by atoms with Crippen molar-refractivity contribution >= 4 is 7.60 Å². The van der Waals surface area contributed by atoms with Gasteiger partial charge in [0, 0.05) is 0 Å². The van der Waals surface area contributed by atoms with Crippen molar-refractivity contribution in [3.05, 3.63) is 28.8 Å². The molecule has 3 N–H and O–H groups in total. The van der Waals surface area contributed by atoms with Crippen molar-refractivity contribution in [1.29, 1.82) is 0 Å². The lowest BCUT2D eigenvalue weighted by Crippen LogP contribution is -2.27. The minimum absolute atomic E-state index is 0.298. The van der Waals surface area contributed by atoms with Crippen molar-refractivity contribution in [1.82, 2.24) is 0 Å². The normalized spacial score (nSPS) is 12.3. The first-order valence-corrected chi connectivity index (χ1v) is 25.2. The van der Waals surface area contributed by atoms with Gasteiger partial charge in [0.05, 0.1) is 5.16 Å². The summed E-state index contributed by atoms with van der Waals surface area (Å²) in [6.45, 7) is 8.59. The van der Waals surface area contributed by atoms with Crippen LogP contribution in [-0.2, 0) is 16.1 Å². The predicted octanol–water partition coefficient (Wildman–Crippen LogP) is 16.7. The molecule has 0 aliphatic heterocycles. The molecule has 1 aromatic rings. The van der Waals surface area contributed by atoms with Gasteiger partial charge in [-0.15, -0.1) is 0 Å². The molecule has 5 heteroatoms. The van der Waals surface area contributed by atoms with Crippen molar-refractivity contribution in [2.24, 2.45) is 0 Å². The minimum atomic E-state index is -4.47. The summed E-state index contributed by atoms with van der Waals surface area (Å²) in [6.07, 6.45) is 45.1. The van der Waals surface area contributed by atoms with Crippen molar-refractivity contribution < 1.29 is 19.5 Å². The first kappa shape index (κ1) is 50.2. The molecule has 0 heterocycles. The first-order chi connectivity index (χ1) is 25.7. The second kappa shape index (κ2) is 33.3. The highest BCUT2D eigenvalue weighted by atomic mass is 31.2. The molecule has 0 aromatic heterocycles. The maximum atomic E-state index is 13.6. The summed E-state index contributed by atoms with van der Waals surface area (Å²) < 4.78 is 13.6. The standard InChI is InChI=1S/C48H91O4P/c1-5-8-11-13-15-17-19-21-23-25-27-29-31-33-35-37-40-48(53(50,51)52,46-42-44(4)47(49)45(43-46)39-10-7-3)41-38-36-34-32-30-28-26-24-22-20-18-16-14-12-9-6-2/h42-43,49H,5-41H2,1-4H3,(H2,50,51,52). The van der Waals surface area contributed by atoms with E-state index >= 15 is 0 Å². The van der Waals surface area contributed by atoms with Gasteiger partial charge < -0.3 is 14.9 Å². The van der Waals surface area contributed by atoms with Crippen LogP contribution in [0.25, 0.3) is 0 Å². The average Bonchev–Trinajstić information content (AvgIpc) is 3.13. The Balaban J connectivity index is 2.57. The molecule has 1 aromatic carbocycles. The third-order valence-corrected chi connectivity index (χ3v) is 14.0. The lowest BCUT2D eigenvalue weighted by atomic mass is 9.84. The van der Waals surface area contributed by atoms with Gasteiger partial charge in [0.15, 0.2) is 0 Å². The second-order valence-electron chi connectivity index (χ2n) is 17.1. The Kier molecular flexibility index (Phi) is 31.6. The van der Waals surface area contributed by atoms with Crippen LogP contribution in [0.15, 0.2) is 12.1 Å². The van der Waals surface area contributed by atoms with Crippen LogP contribution >= 0.6 is 7.60 Å². The Morgan fingerprint density at radius 1 is 0.453 bits per heavy atom. The summed E-state index contributed by atoms with van der Waals surface area (Å²) >= 11 is 0. The molecule has 0 atom stereocenters. The number of phenolic OH excluding ortho intramolecular Hbond substituents is 1. The van der Waals surface area contributed by atoms with Crippen LogP contribution in [0.3, 0.4) is 0 Å². The van der Waals surface area contributed by atoms with Crippen LogP contribution in [0, 0.1) is 6.92 Å². The molecular weight excluding hydrogens is 671 g/mol. The fourth-order valence-electron chi connectivity index (χ4n) is 8.48. The van der Waals surface area contributed by atoms with E-state index in [-0.39, 0.29) is 0 Å². The van der Waals surface area contributed by atoms with Crippen LogP contribution in [0.2, 0.25) is 0 Å². The Morgan fingerprint density at radius 3 is 1.02 bits per heavy atom. The van der Waals surface area contributed by atoms with E-state index in [1.54, 1.807) is 0 Å². The van der Waals surface area contributed by atoms with Crippen molar-refractivity contribution in [3.8, 4) is 5.75 Å². The van der Waals surface area contributed by atoms with E-state index in [1.165, 1.54) is 167 Å². The predicted molar refractivity (Wildman–Crippen MR) is 234 cm³/mol. The van der Waals surface area contributed by atoms with Crippen LogP contribution in [-0.4, -0.2) is 14.9 Å². The van der Waals surface area contributed by atoms with Gasteiger partial charge in [-0.1, -0.05) is 245 Å². The highest BCUT2D eigenvalue weighted by Gasteiger charge is 2.47. The third kappa shape index (κ3) is 23.8. The molecule has 1 rings (SSSR count). The summed E-state index contributed by atoms with van der Waals surface area (Å²) in [7, 11) is -4.47. The van der Waals surface area contributed by atoms with Crippen LogP contribution < -0.4 is 0 Å². The van der Waals surface area contributed by atoms with Gasteiger partial charge in [0.25, 0.3) is 0 Å². The zero-order chi connectivity index (χ0) is 38.9. The van der Waals surface area contributed by atoms with E-state index < -0.39 is 12.8 Å². The molecule has 0 saturated carbocycles. The maximum absolute atomic E-state index is 13.6. The molecule has 53 heavy (non-hydrogen) atoms. The maximum Gasteiger partial charge on any atom is 0.335 e. The number of aromatic hydroxyl groups is 1. The lowest BCUT2D eigenvalue weighted by molar-refractivity contribution is 0.297. The third-order valence-electron chi connectivity index (χ3n) is 12.2. The molecule has 0 aliphatic rings. The lowest BCUT2D eigenvalue weighted by Gasteiger charge is -2.36. The largest absolute Gasteiger partial charge is 0.507 e. The van der Waals surface area contributed by atoms with E-state index in [4.69, 9.17) is 0 Å². The van der Waals surface area contributed by atoms with Gasteiger partial charge in [-0.3, -0.25) is 4.57 Å². The van der Waals surface area contributed by atoms with E-state index in [9.17, 15) is 19.5 Å². The summed E-state index contributed by atoms with van der Waals surface area (Å²) in [4.78, 5) is 22.2. The fraction of sp³-hybridized carbons (Fsp3) is 0.875.